The Balaban J connectivity index is 5.57. The fourth-order valence-electron chi connectivity index (χ4n) is 1.50. The van der Waals surface area contributed by atoms with E-state index in [1.54, 1.807) is 6.92 Å². The molecule has 0 aliphatic heterocycles. The van der Waals surface area contributed by atoms with Gasteiger partial charge in [0, 0.05) is 11.6 Å². The molecule has 0 fully saturated rings. The summed E-state index contributed by atoms with van der Waals surface area (Å²) in [5.74, 6) is 0.978. The Bertz CT molecular complexity index is 351. The van der Waals surface area contributed by atoms with Crippen LogP contribution in [0.15, 0.2) is 16.7 Å². The van der Waals surface area contributed by atoms with E-state index in [4.69, 9.17) is 4.43 Å². The highest BCUT2D eigenvalue weighted by Crippen LogP contribution is 2.18. The van der Waals surface area contributed by atoms with Crippen molar-refractivity contribution in [2.24, 2.45) is 0 Å². The van der Waals surface area contributed by atoms with Crippen molar-refractivity contribution < 1.29 is 9.22 Å². The van der Waals surface area contributed by atoms with Gasteiger partial charge in [-0.15, -0.1) is 0 Å². The summed E-state index contributed by atoms with van der Waals surface area (Å²) in [7, 11) is -3.24. The maximum Gasteiger partial charge on any atom is 0.242 e. The summed E-state index contributed by atoms with van der Waals surface area (Å²) in [6, 6.07) is 0. The maximum absolute atomic E-state index is 11.7. The van der Waals surface area contributed by atoms with E-state index < -0.39 is 16.4 Å². The molecule has 0 unspecified atom stereocenters. The molecule has 0 aliphatic rings. The molecule has 0 amide bonds. The summed E-state index contributed by atoms with van der Waals surface area (Å²) in [5.41, 5.74) is 3.26. The number of hydrogen-bond donors (Lipinski definition) is 0. The zero-order chi connectivity index (χ0) is 13.9. The van der Waals surface area contributed by atoms with Crippen LogP contribution in [0.4, 0.5) is 0 Å². The number of carbonyl (C=O) groups is 1. The standard InChI is InChI=1S/C13H26O2Si2/c1-9-12(15-17(6,7)8)10-13(11(2)14)16(3,4)5/h9H2,1-8H3. The second-order valence-corrected chi connectivity index (χ2v) is 15.7. The predicted octanol–water partition coefficient (Wildman–Crippen LogP) is 4.12. The Kier molecular flexibility index (Phi) is 5.65. The minimum absolute atomic E-state index is 0.134. The Morgan fingerprint density at radius 2 is 1.59 bits per heavy atom. The average molecular weight is 271 g/mol. The van der Waals surface area contributed by atoms with E-state index in [2.05, 4.69) is 45.0 Å². The van der Waals surface area contributed by atoms with Gasteiger partial charge in [0.1, 0.15) is 5.76 Å². The molecule has 0 aliphatic carbocycles. The van der Waals surface area contributed by atoms with Crippen molar-refractivity contribution in [3.05, 3.63) is 16.7 Å². The molecule has 98 valence electrons. The summed E-state index contributed by atoms with van der Waals surface area (Å²) in [5, 5.41) is 0.854. The number of ketones is 1. The van der Waals surface area contributed by atoms with E-state index in [0.717, 1.165) is 17.4 Å². The molecule has 2 nitrogen and oxygen atoms in total. The third-order valence-corrected chi connectivity index (χ3v) is 4.95. The van der Waals surface area contributed by atoms with Crippen molar-refractivity contribution in [3.8, 4) is 0 Å². The van der Waals surface area contributed by atoms with Gasteiger partial charge in [0.15, 0.2) is 5.78 Å². The first-order valence-electron chi connectivity index (χ1n) is 6.17. The normalized spacial score (nSPS) is 11.8. The Labute approximate surface area is 108 Å². The van der Waals surface area contributed by atoms with Crippen LogP contribution in [-0.4, -0.2) is 22.2 Å². The van der Waals surface area contributed by atoms with Crippen LogP contribution in [0.1, 0.15) is 20.3 Å². The van der Waals surface area contributed by atoms with Gasteiger partial charge in [-0.3, -0.25) is 4.79 Å². The molecule has 0 aromatic carbocycles. The molecule has 0 bridgehead atoms. The number of hydrogen-bond acceptors (Lipinski definition) is 2. The number of Topliss-reactive ketones (excluding diaryl/α,β-unsaturated/α-hetero) is 1. The molecule has 0 heterocycles. The molecule has 0 N–H and O–H groups in total. The summed E-state index contributed by atoms with van der Waals surface area (Å²) in [6.07, 6.45) is 0.797. The van der Waals surface area contributed by atoms with E-state index in [1.807, 2.05) is 6.92 Å². The lowest BCUT2D eigenvalue weighted by Crippen LogP contribution is -2.28. The third kappa shape index (κ3) is 6.66. The number of carbonyl (C=O) groups excluding carboxylic acids is 1. The molecule has 0 spiro atoms. The number of rotatable bonds is 5. The molecule has 4 heteroatoms. The Morgan fingerprint density at radius 3 is 1.82 bits per heavy atom. The van der Waals surface area contributed by atoms with Crippen LogP contribution in [0.25, 0.3) is 0 Å². The summed E-state index contributed by atoms with van der Waals surface area (Å²) < 4.78 is 5.96. The second-order valence-electron chi connectivity index (χ2n) is 6.30. The SMILES string of the molecule is CCC(=C=C(C(C)=O)[Si](C)(C)C)O[Si](C)(C)C. The molecule has 17 heavy (non-hydrogen) atoms. The van der Waals surface area contributed by atoms with Gasteiger partial charge in [-0.1, -0.05) is 32.3 Å². The van der Waals surface area contributed by atoms with Gasteiger partial charge < -0.3 is 4.43 Å². The summed E-state index contributed by atoms with van der Waals surface area (Å²) in [6.45, 7) is 16.6. The molecule has 0 atom stereocenters. The Morgan fingerprint density at radius 1 is 1.12 bits per heavy atom. The molecule has 0 aromatic heterocycles. The number of allylic oxidation sites excluding steroid dienone is 1. The van der Waals surface area contributed by atoms with Gasteiger partial charge in [-0.25, -0.2) is 0 Å². The molecular formula is C13H26O2Si2. The fraction of sp³-hybridized carbons (Fsp3) is 0.692. The van der Waals surface area contributed by atoms with Crippen LogP contribution in [-0.2, 0) is 9.22 Å². The van der Waals surface area contributed by atoms with Crippen molar-refractivity contribution in [2.75, 3.05) is 0 Å². The summed E-state index contributed by atoms with van der Waals surface area (Å²) in [4.78, 5) is 11.7. The molecule has 0 rings (SSSR count). The van der Waals surface area contributed by atoms with Crippen LogP contribution in [0.3, 0.4) is 0 Å². The van der Waals surface area contributed by atoms with Gasteiger partial charge >= 0.3 is 0 Å². The first-order valence-corrected chi connectivity index (χ1v) is 13.1. The summed E-state index contributed by atoms with van der Waals surface area (Å²) >= 11 is 0. The van der Waals surface area contributed by atoms with Crippen molar-refractivity contribution in [1.29, 1.82) is 0 Å². The Hall–Kier alpha value is -0.576. The van der Waals surface area contributed by atoms with Crippen molar-refractivity contribution in [1.82, 2.24) is 0 Å². The highest BCUT2D eigenvalue weighted by atomic mass is 28.4. The smallest absolute Gasteiger partial charge is 0.242 e. The van der Waals surface area contributed by atoms with E-state index in [-0.39, 0.29) is 5.78 Å². The van der Waals surface area contributed by atoms with Gasteiger partial charge in [0.25, 0.3) is 0 Å². The van der Waals surface area contributed by atoms with Gasteiger partial charge in [-0.2, -0.15) is 0 Å². The second kappa shape index (κ2) is 5.85. The predicted molar refractivity (Wildman–Crippen MR) is 79.3 cm³/mol. The lowest BCUT2D eigenvalue weighted by molar-refractivity contribution is -0.113. The largest absolute Gasteiger partial charge is 0.542 e. The minimum Gasteiger partial charge on any atom is -0.542 e. The molecule has 0 saturated carbocycles. The molecule has 0 aromatic rings. The lowest BCUT2D eigenvalue weighted by atomic mass is 10.3. The van der Waals surface area contributed by atoms with Crippen molar-refractivity contribution in [2.45, 2.75) is 59.6 Å². The third-order valence-electron chi connectivity index (χ3n) is 2.12. The lowest BCUT2D eigenvalue weighted by Gasteiger charge is -2.21. The van der Waals surface area contributed by atoms with Crippen molar-refractivity contribution >= 4 is 22.2 Å². The quantitative estimate of drug-likeness (QED) is 0.325. The van der Waals surface area contributed by atoms with E-state index in [9.17, 15) is 4.79 Å². The zero-order valence-corrected chi connectivity index (χ0v) is 14.5. The first-order chi connectivity index (χ1) is 7.47. The zero-order valence-electron chi connectivity index (χ0n) is 12.5. The molecule has 0 radical (unpaired) electrons. The van der Waals surface area contributed by atoms with E-state index in [0.29, 0.717) is 0 Å². The van der Waals surface area contributed by atoms with Gasteiger partial charge in [0.05, 0.1) is 8.07 Å². The van der Waals surface area contributed by atoms with Crippen LogP contribution in [0.2, 0.25) is 39.3 Å². The monoisotopic (exact) mass is 270 g/mol. The van der Waals surface area contributed by atoms with Crippen LogP contribution >= 0.6 is 0 Å². The minimum atomic E-state index is -1.63. The van der Waals surface area contributed by atoms with Crippen LogP contribution in [0.5, 0.6) is 0 Å². The maximum atomic E-state index is 11.7. The van der Waals surface area contributed by atoms with Gasteiger partial charge in [-0.05, 0) is 26.6 Å². The van der Waals surface area contributed by atoms with Gasteiger partial charge in [0.2, 0.25) is 8.32 Å². The molecule has 0 saturated heterocycles. The van der Waals surface area contributed by atoms with Crippen LogP contribution < -0.4 is 0 Å². The average Bonchev–Trinajstić information content (AvgIpc) is 2.07. The van der Waals surface area contributed by atoms with E-state index >= 15 is 0 Å². The highest BCUT2D eigenvalue weighted by Gasteiger charge is 2.24. The van der Waals surface area contributed by atoms with Crippen molar-refractivity contribution in [3.63, 3.8) is 0 Å². The molecular weight excluding hydrogens is 244 g/mol. The topological polar surface area (TPSA) is 26.3 Å². The highest BCUT2D eigenvalue weighted by molar-refractivity contribution is 6.87. The fourth-order valence-corrected chi connectivity index (χ4v) is 4.00. The van der Waals surface area contributed by atoms with Crippen LogP contribution in [0, 0.1) is 0 Å². The van der Waals surface area contributed by atoms with E-state index in [1.165, 1.54) is 0 Å². The first kappa shape index (κ1) is 16.4.